The summed E-state index contributed by atoms with van der Waals surface area (Å²) in [7, 11) is 0. The maximum absolute atomic E-state index is 11.8. The van der Waals surface area contributed by atoms with E-state index in [1.807, 2.05) is 4.90 Å². The van der Waals surface area contributed by atoms with Crippen molar-refractivity contribution in [1.29, 1.82) is 0 Å². The fraction of sp³-hybridized carbons (Fsp3) is 1.00. The first kappa shape index (κ1) is 71.3. The van der Waals surface area contributed by atoms with Crippen molar-refractivity contribution in [2.45, 2.75) is 286 Å². The van der Waals surface area contributed by atoms with Gasteiger partial charge in [-0.1, -0.05) is 128 Å². The average Bonchev–Trinajstić information content (AvgIpc) is 3.38. The highest BCUT2D eigenvalue weighted by Crippen LogP contribution is 2.21. The summed E-state index contributed by atoms with van der Waals surface area (Å²) in [5.74, 6) is 0. The van der Waals surface area contributed by atoms with Crippen LogP contribution in [0.5, 0.6) is 0 Å². The van der Waals surface area contributed by atoms with Gasteiger partial charge in [0.05, 0.1) is 63.6 Å². The molecule has 434 valence electrons. The van der Waals surface area contributed by atoms with E-state index in [0.29, 0.717) is 77.3 Å². The van der Waals surface area contributed by atoms with E-state index in [1.165, 1.54) is 0 Å². The van der Waals surface area contributed by atoms with E-state index in [9.17, 15) is 51.1 Å². The Morgan fingerprint density at radius 3 is 0.556 bits per heavy atom. The highest BCUT2D eigenvalue weighted by molar-refractivity contribution is 4.75. The van der Waals surface area contributed by atoms with Crippen LogP contribution in [-0.4, -0.2) is 212 Å². The monoisotopic (exact) mass is 1040 g/mol. The summed E-state index contributed by atoms with van der Waals surface area (Å²) in [6.45, 7) is -0.163. The van der Waals surface area contributed by atoms with Crippen LogP contribution in [0.3, 0.4) is 0 Å². The number of unbranched alkanes of at least 4 members (excludes halogenated alkanes) is 20. The smallest absolute Gasteiger partial charge is 0.109 e. The van der Waals surface area contributed by atoms with Crippen LogP contribution < -0.4 is 0 Å². The van der Waals surface area contributed by atoms with Crippen molar-refractivity contribution >= 4 is 0 Å². The molecule has 0 aliphatic heterocycles. The first-order valence-corrected chi connectivity index (χ1v) is 28.8. The van der Waals surface area contributed by atoms with Gasteiger partial charge in [0.15, 0.2) is 0 Å². The molecule has 0 amide bonds. The van der Waals surface area contributed by atoms with Gasteiger partial charge >= 0.3 is 0 Å². The molecular formula is C54H113N3O15. The van der Waals surface area contributed by atoms with Gasteiger partial charge in [-0.25, -0.2) is 0 Å². The molecule has 18 nitrogen and oxygen atoms in total. The molecule has 72 heavy (non-hydrogen) atoms. The number of nitrogens with zero attached hydrogens (tertiary/aromatic N) is 3. The Hall–Kier alpha value is -0.720. The Morgan fingerprint density at radius 1 is 0.194 bits per heavy atom. The molecule has 0 aliphatic rings. The second kappa shape index (κ2) is 49.8. The minimum atomic E-state index is -0.945. The maximum Gasteiger partial charge on any atom is 0.109 e. The van der Waals surface area contributed by atoms with Crippen LogP contribution in [0.25, 0.3) is 0 Å². The molecule has 10 unspecified atom stereocenters. The zero-order valence-corrected chi connectivity index (χ0v) is 44.9. The molecule has 0 radical (unpaired) electrons. The topological polar surface area (TPSA) is 313 Å². The van der Waals surface area contributed by atoms with Crippen molar-refractivity contribution in [3.05, 3.63) is 0 Å². The highest BCUT2D eigenvalue weighted by Gasteiger charge is 2.28. The van der Waals surface area contributed by atoms with Crippen molar-refractivity contribution in [3.63, 3.8) is 0 Å². The molecule has 0 aromatic heterocycles. The predicted octanol–water partition coefficient (Wildman–Crippen LogP) is 3.90. The normalized spacial score (nSPS) is 16.6. The SMILES string of the molecule is OCC(O)CCCCCCCC(O)N(CCN(C(O)CCCCCCCC(O)CO)C(O)CCCCCCCC(O)CO)CCN(C(O)CCCCCCCC(O)CO)C(O)CCCCCCCC(O)CO. The quantitative estimate of drug-likeness (QED) is 0.0303. The summed E-state index contributed by atoms with van der Waals surface area (Å²) in [6.07, 6.45) is 17.7. The molecular weight excluding hydrogens is 931 g/mol. The van der Waals surface area contributed by atoms with Crippen LogP contribution in [0.15, 0.2) is 0 Å². The van der Waals surface area contributed by atoms with E-state index in [1.54, 1.807) is 9.80 Å². The van der Waals surface area contributed by atoms with Gasteiger partial charge in [0, 0.05) is 26.2 Å². The Labute approximate surface area is 435 Å². The van der Waals surface area contributed by atoms with E-state index in [0.717, 1.165) is 161 Å². The molecule has 0 aromatic rings. The third-order valence-electron chi connectivity index (χ3n) is 14.3. The van der Waals surface area contributed by atoms with Crippen LogP contribution in [0.4, 0.5) is 0 Å². The van der Waals surface area contributed by atoms with Crippen LogP contribution in [-0.2, 0) is 0 Å². The van der Waals surface area contributed by atoms with Crippen molar-refractivity contribution in [3.8, 4) is 0 Å². The average molecular weight is 1040 g/mol. The lowest BCUT2D eigenvalue weighted by Crippen LogP contribution is -2.52. The third kappa shape index (κ3) is 40.5. The standard InChI is InChI=1S/C54H113N3O15/c58-40-45(63)26-16-6-1-11-21-31-50(68)55(36-38-56(51(69)32-22-12-2-7-17-27-46(64)41-59)52(70)33-23-13-3-8-18-28-47(65)42-60)37-39-57(53(71)34-24-14-4-9-19-29-48(66)43-61)54(72)35-25-15-5-10-20-30-49(67)44-62/h45-54,58-72H,1-44H2. The van der Waals surface area contributed by atoms with Crippen LogP contribution in [0.1, 0.15) is 225 Å². The Bertz CT molecular complexity index is 1000. The number of rotatable bonds is 56. The molecule has 0 aromatic carbocycles. The molecule has 15 N–H and O–H groups in total. The van der Waals surface area contributed by atoms with E-state index in [4.69, 9.17) is 25.5 Å². The summed E-state index contributed by atoms with van der Waals surface area (Å²) in [6, 6.07) is 0. The molecule has 0 heterocycles. The molecule has 10 atom stereocenters. The number of hydrogen-bond donors (Lipinski definition) is 15. The number of aliphatic hydroxyl groups excluding tert-OH is 15. The minimum absolute atomic E-state index is 0.250. The fourth-order valence-electron chi connectivity index (χ4n) is 9.38. The number of aliphatic hydroxyl groups is 15. The van der Waals surface area contributed by atoms with E-state index >= 15 is 0 Å². The van der Waals surface area contributed by atoms with Gasteiger partial charge in [0.1, 0.15) is 31.1 Å². The van der Waals surface area contributed by atoms with Crippen LogP contribution in [0.2, 0.25) is 0 Å². The van der Waals surface area contributed by atoms with Crippen LogP contribution >= 0.6 is 0 Å². The summed E-state index contributed by atoms with van der Waals surface area (Å²) in [5, 5.41) is 153. The first-order valence-electron chi connectivity index (χ1n) is 28.8. The van der Waals surface area contributed by atoms with Gasteiger partial charge in [-0.3, -0.25) is 14.7 Å². The van der Waals surface area contributed by atoms with Gasteiger partial charge < -0.3 is 76.6 Å². The van der Waals surface area contributed by atoms with Crippen molar-refractivity contribution < 1.29 is 76.6 Å². The Balaban J connectivity index is 6.14. The molecule has 0 spiro atoms. The summed E-state index contributed by atoms with van der Waals surface area (Å²) < 4.78 is 0. The van der Waals surface area contributed by atoms with E-state index < -0.39 is 61.7 Å². The molecule has 0 saturated carbocycles. The second-order valence-corrected chi connectivity index (χ2v) is 20.8. The summed E-state index contributed by atoms with van der Waals surface area (Å²) in [4.78, 5) is 5.35. The largest absolute Gasteiger partial charge is 0.394 e. The zero-order valence-electron chi connectivity index (χ0n) is 44.9. The Morgan fingerprint density at radius 2 is 0.361 bits per heavy atom. The van der Waals surface area contributed by atoms with Crippen molar-refractivity contribution in [1.82, 2.24) is 14.7 Å². The number of hydrogen-bond acceptors (Lipinski definition) is 18. The molecule has 0 saturated heterocycles. The molecule has 18 heteroatoms. The zero-order chi connectivity index (χ0) is 53.6. The third-order valence-corrected chi connectivity index (χ3v) is 14.3. The maximum atomic E-state index is 11.8. The van der Waals surface area contributed by atoms with E-state index in [-0.39, 0.29) is 46.1 Å². The molecule has 0 fully saturated rings. The lowest BCUT2D eigenvalue weighted by Gasteiger charge is -2.38. The van der Waals surface area contributed by atoms with Gasteiger partial charge in [0.2, 0.25) is 0 Å². The molecule has 0 bridgehead atoms. The second-order valence-electron chi connectivity index (χ2n) is 20.8. The van der Waals surface area contributed by atoms with Crippen LogP contribution in [0, 0.1) is 0 Å². The van der Waals surface area contributed by atoms with Gasteiger partial charge in [0.25, 0.3) is 0 Å². The predicted molar refractivity (Wildman–Crippen MR) is 282 cm³/mol. The highest BCUT2D eigenvalue weighted by atomic mass is 16.3. The van der Waals surface area contributed by atoms with Gasteiger partial charge in [-0.05, 0) is 96.3 Å². The summed E-state index contributed by atoms with van der Waals surface area (Å²) >= 11 is 0. The van der Waals surface area contributed by atoms with Crippen molar-refractivity contribution in [2.75, 3.05) is 59.2 Å². The molecule has 0 aliphatic carbocycles. The molecule has 0 rings (SSSR count). The first-order chi connectivity index (χ1) is 34.7. The summed E-state index contributed by atoms with van der Waals surface area (Å²) in [5.41, 5.74) is 0. The van der Waals surface area contributed by atoms with Gasteiger partial charge in [-0.15, -0.1) is 0 Å². The fourth-order valence-corrected chi connectivity index (χ4v) is 9.38. The lowest BCUT2D eigenvalue weighted by atomic mass is 10.1. The van der Waals surface area contributed by atoms with Crippen molar-refractivity contribution in [2.24, 2.45) is 0 Å². The van der Waals surface area contributed by atoms with E-state index in [2.05, 4.69) is 0 Å². The lowest BCUT2D eigenvalue weighted by molar-refractivity contribution is -0.126. The minimum Gasteiger partial charge on any atom is -0.394 e. The van der Waals surface area contributed by atoms with Gasteiger partial charge in [-0.2, -0.15) is 0 Å². The Kier molecular flexibility index (Phi) is 49.3.